The first kappa shape index (κ1) is 14.6. The van der Waals surface area contributed by atoms with Crippen molar-refractivity contribution >= 4 is 44.8 Å². The summed E-state index contributed by atoms with van der Waals surface area (Å²) in [4.78, 5) is 16.2. The van der Waals surface area contributed by atoms with Gasteiger partial charge in [-0.05, 0) is 34.1 Å². The third kappa shape index (κ3) is 3.02. The van der Waals surface area contributed by atoms with Crippen molar-refractivity contribution in [1.82, 2.24) is 4.98 Å². The van der Waals surface area contributed by atoms with Crippen molar-refractivity contribution < 1.29 is 9.53 Å². The van der Waals surface area contributed by atoms with E-state index in [1.54, 1.807) is 24.3 Å². The molecule has 0 fully saturated rings. The van der Waals surface area contributed by atoms with Crippen LogP contribution in [0.5, 0.6) is 5.75 Å². The zero-order chi connectivity index (χ0) is 14.7. The molecule has 104 valence electrons. The monoisotopic (exact) mass is 355 g/mol. The summed E-state index contributed by atoms with van der Waals surface area (Å²) in [6.45, 7) is 0. The SMILES string of the molecule is COc1c(N)cccc1C(=O)Nc1cnc(Cl)c(Br)c1. The first-order chi connectivity index (χ1) is 9.52. The van der Waals surface area contributed by atoms with Crippen molar-refractivity contribution in [2.45, 2.75) is 0 Å². The lowest BCUT2D eigenvalue weighted by atomic mass is 10.1. The number of aromatic nitrogens is 1. The fraction of sp³-hybridized carbons (Fsp3) is 0.0769. The van der Waals surface area contributed by atoms with Crippen LogP contribution in [0.2, 0.25) is 5.15 Å². The van der Waals surface area contributed by atoms with Crippen molar-refractivity contribution in [2.24, 2.45) is 0 Å². The van der Waals surface area contributed by atoms with Gasteiger partial charge >= 0.3 is 0 Å². The number of nitrogens with two attached hydrogens (primary N) is 1. The molecule has 0 aliphatic rings. The number of carbonyl (C=O) groups excluding carboxylic acids is 1. The summed E-state index contributed by atoms with van der Waals surface area (Å²) in [5.41, 5.74) is 7.02. The van der Waals surface area contributed by atoms with Gasteiger partial charge in [-0.15, -0.1) is 0 Å². The highest BCUT2D eigenvalue weighted by Gasteiger charge is 2.15. The van der Waals surface area contributed by atoms with E-state index in [1.165, 1.54) is 13.3 Å². The van der Waals surface area contributed by atoms with Gasteiger partial charge in [0.15, 0.2) is 5.75 Å². The van der Waals surface area contributed by atoms with E-state index in [1.807, 2.05) is 0 Å². The molecule has 5 nitrogen and oxygen atoms in total. The van der Waals surface area contributed by atoms with Crippen molar-refractivity contribution in [1.29, 1.82) is 0 Å². The van der Waals surface area contributed by atoms with Crippen LogP contribution in [0.25, 0.3) is 0 Å². The molecule has 0 spiro atoms. The van der Waals surface area contributed by atoms with Crippen LogP contribution < -0.4 is 15.8 Å². The van der Waals surface area contributed by atoms with Gasteiger partial charge in [0.2, 0.25) is 0 Å². The second-order valence-electron chi connectivity index (χ2n) is 3.88. The minimum Gasteiger partial charge on any atom is -0.494 e. The molecule has 0 atom stereocenters. The van der Waals surface area contributed by atoms with E-state index in [0.29, 0.717) is 32.3 Å². The van der Waals surface area contributed by atoms with Gasteiger partial charge in [0.25, 0.3) is 5.91 Å². The predicted octanol–water partition coefficient (Wildman–Crippen LogP) is 3.34. The Hall–Kier alpha value is -1.79. The number of methoxy groups -OCH3 is 1. The van der Waals surface area contributed by atoms with Crippen LogP contribution >= 0.6 is 27.5 Å². The number of carbonyl (C=O) groups is 1. The molecule has 2 aromatic rings. The van der Waals surface area contributed by atoms with Crippen molar-refractivity contribution in [3.8, 4) is 5.75 Å². The lowest BCUT2D eigenvalue weighted by Gasteiger charge is -2.11. The molecule has 20 heavy (non-hydrogen) atoms. The van der Waals surface area contributed by atoms with E-state index in [-0.39, 0.29) is 5.91 Å². The number of nitrogen functional groups attached to an aromatic ring is 1. The van der Waals surface area contributed by atoms with E-state index in [2.05, 4.69) is 26.2 Å². The van der Waals surface area contributed by atoms with E-state index in [0.717, 1.165) is 0 Å². The van der Waals surface area contributed by atoms with Crippen LogP contribution in [0.3, 0.4) is 0 Å². The molecule has 1 heterocycles. The maximum absolute atomic E-state index is 12.2. The Labute approximate surface area is 129 Å². The number of pyridine rings is 1. The number of ether oxygens (including phenoxy) is 1. The average molecular weight is 357 g/mol. The van der Waals surface area contributed by atoms with Gasteiger partial charge in [-0.1, -0.05) is 17.7 Å². The summed E-state index contributed by atoms with van der Waals surface area (Å²) >= 11 is 9.04. The number of rotatable bonds is 3. The highest BCUT2D eigenvalue weighted by atomic mass is 79.9. The normalized spacial score (nSPS) is 10.2. The minimum atomic E-state index is -0.342. The van der Waals surface area contributed by atoms with Gasteiger partial charge in [-0.3, -0.25) is 4.79 Å². The minimum absolute atomic E-state index is 0.324. The van der Waals surface area contributed by atoms with Crippen LogP contribution in [0.15, 0.2) is 34.9 Å². The molecular formula is C13H11BrClN3O2. The number of halogens is 2. The standard InChI is InChI=1S/C13H11BrClN3O2/c1-20-11-8(3-2-4-10(11)16)13(19)18-7-5-9(14)12(15)17-6-7/h2-6H,16H2,1H3,(H,18,19). The molecule has 0 saturated carbocycles. The lowest BCUT2D eigenvalue weighted by molar-refractivity contribution is 0.102. The van der Waals surface area contributed by atoms with Gasteiger partial charge in [-0.25, -0.2) is 4.98 Å². The molecule has 0 aliphatic heterocycles. The van der Waals surface area contributed by atoms with E-state index in [4.69, 9.17) is 22.1 Å². The number of nitrogens with zero attached hydrogens (tertiary/aromatic N) is 1. The molecule has 3 N–H and O–H groups in total. The van der Waals surface area contributed by atoms with Crippen LogP contribution in [-0.4, -0.2) is 18.0 Å². The van der Waals surface area contributed by atoms with Crippen LogP contribution in [0.1, 0.15) is 10.4 Å². The second kappa shape index (κ2) is 6.11. The molecular weight excluding hydrogens is 346 g/mol. The molecule has 0 bridgehead atoms. The van der Waals surface area contributed by atoms with Gasteiger partial charge in [0.1, 0.15) is 5.15 Å². The number of nitrogens with one attached hydrogen (secondary N) is 1. The van der Waals surface area contributed by atoms with E-state index in [9.17, 15) is 4.79 Å². The van der Waals surface area contributed by atoms with E-state index < -0.39 is 0 Å². The summed E-state index contributed by atoms with van der Waals surface area (Å²) in [5.74, 6) is -0.00355. The third-order valence-electron chi connectivity index (χ3n) is 2.55. The Balaban J connectivity index is 2.28. The molecule has 2 rings (SSSR count). The smallest absolute Gasteiger partial charge is 0.259 e. The largest absolute Gasteiger partial charge is 0.494 e. The summed E-state index contributed by atoms with van der Waals surface area (Å²) in [7, 11) is 1.46. The second-order valence-corrected chi connectivity index (χ2v) is 5.09. The number of hydrogen-bond donors (Lipinski definition) is 2. The van der Waals surface area contributed by atoms with Gasteiger partial charge in [-0.2, -0.15) is 0 Å². The molecule has 0 unspecified atom stereocenters. The Bertz CT molecular complexity index is 664. The summed E-state index contributed by atoms with van der Waals surface area (Å²) in [5, 5.41) is 3.03. The molecule has 1 aromatic carbocycles. The molecule has 1 aromatic heterocycles. The first-order valence-corrected chi connectivity index (χ1v) is 6.75. The van der Waals surface area contributed by atoms with Crippen LogP contribution in [0, 0.1) is 0 Å². The first-order valence-electron chi connectivity index (χ1n) is 5.57. The van der Waals surface area contributed by atoms with Crippen molar-refractivity contribution in [2.75, 3.05) is 18.2 Å². The lowest BCUT2D eigenvalue weighted by Crippen LogP contribution is -2.14. The maximum atomic E-state index is 12.2. The molecule has 0 radical (unpaired) electrons. The molecule has 0 saturated heterocycles. The van der Waals surface area contributed by atoms with E-state index >= 15 is 0 Å². The molecule has 1 amide bonds. The number of amides is 1. The fourth-order valence-corrected chi connectivity index (χ4v) is 2.10. The summed E-state index contributed by atoms with van der Waals surface area (Å²) in [6, 6.07) is 6.63. The Morgan fingerprint density at radius 3 is 2.90 bits per heavy atom. The Morgan fingerprint density at radius 1 is 1.50 bits per heavy atom. The fourth-order valence-electron chi connectivity index (χ4n) is 1.65. The number of benzene rings is 1. The predicted molar refractivity (Wildman–Crippen MR) is 82.3 cm³/mol. The average Bonchev–Trinajstić information content (AvgIpc) is 2.42. The quantitative estimate of drug-likeness (QED) is 0.653. The zero-order valence-electron chi connectivity index (χ0n) is 10.5. The molecule has 0 aliphatic carbocycles. The van der Waals surface area contributed by atoms with Crippen LogP contribution in [0.4, 0.5) is 11.4 Å². The topological polar surface area (TPSA) is 77.2 Å². The highest BCUT2D eigenvalue weighted by molar-refractivity contribution is 9.10. The molecule has 7 heteroatoms. The van der Waals surface area contributed by atoms with Gasteiger partial charge in [0.05, 0.1) is 34.7 Å². The van der Waals surface area contributed by atoms with Gasteiger partial charge < -0.3 is 15.8 Å². The zero-order valence-corrected chi connectivity index (χ0v) is 12.8. The number of hydrogen-bond acceptors (Lipinski definition) is 4. The van der Waals surface area contributed by atoms with Crippen molar-refractivity contribution in [3.05, 3.63) is 45.7 Å². The Kier molecular flexibility index (Phi) is 4.46. The summed E-state index contributed by atoms with van der Waals surface area (Å²) in [6.07, 6.45) is 1.46. The summed E-state index contributed by atoms with van der Waals surface area (Å²) < 4.78 is 5.74. The third-order valence-corrected chi connectivity index (χ3v) is 3.68. The number of para-hydroxylation sites is 1. The van der Waals surface area contributed by atoms with Crippen molar-refractivity contribution in [3.63, 3.8) is 0 Å². The van der Waals surface area contributed by atoms with Crippen LogP contribution in [-0.2, 0) is 0 Å². The highest BCUT2D eigenvalue weighted by Crippen LogP contribution is 2.27. The number of anilines is 2. The maximum Gasteiger partial charge on any atom is 0.259 e. The Morgan fingerprint density at radius 2 is 2.25 bits per heavy atom. The van der Waals surface area contributed by atoms with Gasteiger partial charge in [0, 0.05) is 0 Å².